The van der Waals surface area contributed by atoms with Crippen LogP contribution in [0.3, 0.4) is 0 Å². The summed E-state index contributed by atoms with van der Waals surface area (Å²) < 4.78 is 53.9. The third kappa shape index (κ3) is 6.99. The zero-order valence-electron chi connectivity index (χ0n) is 25.4. The molecule has 4 atom stereocenters. The number of hydrogen-bond acceptors (Lipinski definition) is 8. The van der Waals surface area contributed by atoms with Crippen LogP contribution in [0.2, 0.25) is 0 Å². The van der Waals surface area contributed by atoms with Crippen LogP contribution in [-0.2, 0) is 33.8 Å². The molecule has 3 aliphatic rings. The molecule has 13 heteroatoms. The van der Waals surface area contributed by atoms with Crippen LogP contribution in [0.15, 0.2) is 40.9 Å². The molecular formula is C32H36F3N5O5. The summed E-state index contributed by atoms with van der Waals surface area (Å²) in [5.41, 5.74) is 4.22. The van der Waals surface area contributed by atoms with Crippen LogP contribution in [0.4, 0.5) is 13.2 Å². The topological polar surface area (TPSA) is 110 Å². The predicted octanol–water partition coefficient (Wildman–Crippen LogP) is 4.36. The Kier molecular flexibility index (Phi) is 8.57. The number of fused-ring (bicyclic) bond motifs is 1. The second kappa shape index (κ2) is 12.4. The number of morpholine rings is 1. The molecule has 1 saturated heterocycles. The number of nitrogens with zero attached hydrogens (tertiary/aromatic N) is 4. The van der Waals surface area contributed by atoms with Gasteiger partial charge in [-0.3, -0.25) is 14.5 Å². The van der Waals surface area contributed by atoms with Crippen LogP contribution < -0.4 is 10.1 Å². The maximum absolute atomic E-state index is 13.4. The molecular weight excluding hydrogens is 591 g/mol. The lowest BCUT2D eigenvalue weighted by molar-refractivity contribution is -0.274. The number of carbonyl (C=O) groups is 2. The molecule has 0 spiro atoms. The SMILES string of the molecule is Cc1noc([C@H]2CC2C(=O)NCc2ccc(-c3cccc(OC(F)(F)F)c3)c3c2CN(CC(=O)N2[C@H](C)COC[C@H]2C)CC3)n1. The Morgan fingerprint density at radius 2 is 1.89 bits per heavy atom. The number of benzene rings is 2. The van der Waals surface area contributed by atoms with E-state index in [1.54, 1.807) is 13.0 Å². The number of amides is 2. The van der Waals surface area contributed by atoms with E-state index < -0.39 is 6.36 Å². The number of ether oxygens (including phenoxy) is 2. The van der Waals surface area contributed by atoms with Crippen molar-refractivity contribution in [2.45, 2.75) is 71.1 Å². The first-order chi connectivity index (χ1) is 21.5. The smallest absolute Gasteiger partial charge is 0.406 e. The van der Waals surface area contributed by atoms with Gasteiger partial charge in [0.05, 0.1) is 43.7 Å². The Hall–Kier alpha value is -3.97. The first-order valence-corrected chi connectivity index (χ1v) is 15.2. The number of carbonyl (C=O) groups excluding carboxylic acids is 2. The maximum atomic E-state index is 13.4. The van der Waals surface area contributed by atoms with Gasteiger partial charge in [-0.15, -0.1) is 13.2 Å². The number of aromatic nitrogens is 2. The molecule has 2 aliphatic heterocycles. The molecule has 0 bridgehead atoms. The number of rotatable bonds is 8. The minimum Gasteiger partial charge on any atom is -0.406 e. The van der Waals surface area contributed by atoms with Crippen LogP contribution in [0.1, 0.15) is 54.6 Å². The van der Waals surface area contributed by atoms with Crippen molar-refractivity contribution in [3.05, 3.63) is 64.8 Å². The monoisotopic (exact) mass is 627 g/mol. The van der Waals surface area contributed by atoms with Gasteiger partial charge >= 0.3 is 6.36 Å². The molecule has 6 rings (SSSR count). The van der Waals surface area contributed by atoms with Gasteiger partial charge in [-0.2, -0.15) is 4.98 Å². The van der Waals surface area contributed by atoms with E-state index in [9.17, 15) is 22.8 Å². The summed E-state index contributed by atoms with van der Waals surface area (Å²) in [5.74, 6) is 0.277. The first kappa shape index (κ1) is 31.0. The Balaban J connectivity index is 1.23. The molecule has 1 N–H and O–H groups in total. The van der Waals surface area contributed by atoms with Gasteiger partial charge in [-0.25, -0.2) is 0 Å². The average molecular weight is 628 g/mol. The number of nitrogens with one attached hydrogen (secondary N) is 1. The minimum absolute atomic E-state index is 0.0239. The third-order valence-corrected chi connectivity index (χ3v) is 8.72. The number of alkyl halides is 3. The van der Waals surface area contributed by atoms with E-state index in [0.29, 0.717) is 56.4 Å². The highest BCUT2D eigenvalue weighted by Gasteiger charge is 2.47. The Morgan fingerprint density at radius 1 is 1.11 bits per heavy atom. The van der Waals surface area contributed by atoms with E-state index in [-0.39, 0.29) is 54.6 Å². The molecule has 3 aromatic rings. The molecule has 2 fully saturated rings. The normalized spacial score (nSPS) is 23.4. The maximum Gasteiger partial charge on any atom is 0.573 e. The van der Waals surface area contributed by atoms with E-state index in [2.05, 4.69) is 25.1 Å². The summed E-state index contributed by atoms with van der Waals surface area (Å²) in [7, 11) is 0. The van der Waals surface area contributed by atoms with Gasteiger partial charge < -0.3 is 24.2 Å². The molecule has 45 heavy (non-hydrogen) atoms. The zero-order chi connectivity index (χ0) is 31.9. The summed E-state index contributed by atoms with van der Waals surface area (Å²) in [5, 5.41) is 6.86. The van der Waals surface area contributed by atoms with Crippen molar-refractivity contribution in [2.24, 2.45) is 5.92 Å². The van der Waals surface area contributed by atoms with Crippen molar-refractivity contribution in [1.29, 1.82) is 0 Å². The van der Waals surface area contributed by atoms with Crippen LogP contribution in [0, 0.1) is 12.8 Å². The van der Waals surface area contributed by atoms with Crippen molar-refractivity contribution in [3.8, 4) is 16.9 Å². The molecule has 1 aromatic heterocycles. The van der Waals surface area contributed by atoms with Crippen molar-refractivity contribution in [3.63, 3.8) is 0 Å². The highest BCUT2D eigenvalue weighted by molar-refractivity contribution is 5.83. The predicted molar refractivity (Wildman–Crippen MR) is 156 cm³/mol. The summed E-state index contributed by atoms with van der Waals surface area (Å²) in [4.78, 5) is 34.7. The van der Waals surface area contributed by atoms with Crippen molar-refractivity contribution in [2.75, 3.05) is 26.3 Å². The van der Waals surface area contributed by atoms with Gasteiger partial charge in [0.25, 0.3) is 0 Å². The van der Waals surface area contributed by atoms with Crippen molar-refractivity contribution in [1.82, 2.24) is 25.3 Å². The number of hydrogen-bond donors (Lipinski definition) is 1. The molecule has 2 aromatic carbocycles. The summed E-state index contributed by atoms with van der Waals surface area (Å²) in [6.07, 6.45) is -3.58. The van der Waals surface area contributed by atoms with Gasteiger partial charge in [0.2, 0.25) is 17.7 Å². The fraction of sp³-hybridized carbons (Fsp3) is 0.500. The zero-order valence-corrected chi connectivity index (χ0v) is 25.4. The summed E-state index contributed by atoms with van der Waals surface area (Å²) >= 11 is 0. The fourth-order valence-corrected chi connectivity index (χ4v) is 6.53. The lowest BCUT2D eigenvalue weighted by Crippen LogP contribution is -2.55. The number of aryl methyl sites for hydroxylation is 1. The average Bonchev–Trinajstić information content (AvgIpc) is 3.67. The summed E-state index contributed by atoms with van der Waals surface area (Å²) in [6.45, 7) is 8.24. The van der Waals surface area contributed by atoms with E-state index in [1.165, 1.54) is 18.2 Å². The Labute approximate surface area is 258 Å². The van der Waals surface area contributed by atoms with Crippen LogP contribution in [0.5, 0.6) is 5.75 Å². The quantitative estimate of drug-likeness (QED) is 0.393. The highest BCUT2D eigenvalue weighted by atomic mass is 19.4. The molecule has 3 heterocycles. The molecule has 10 nitrogen and oxygen atoms in total. The molecule has 0 radical (unpaired) electrons. The van der Waals surface area contributed by atoms with E-state index >= 15 is 0 Å². The minimum atomic E-state index is -4.80. The lowest BCUT2D eigenvalue weighted by atomic mass is 9.87. The van der Waals surface area contributed by atoms with E-state index in [1.807, 2.05) is 30.9 Å². The summed E-state index contributed by atoms with van der Waals surface area (Å²) in [6, 6.07) is 9.67. The third-order valence-electron chi connectivity index (χ3n) is 8.72. The van der Waals surface area contributed by atoms with Crippen molar-refractivity contribution < 1.29 is 36.8 Å². The molecule has 1 saturated carbocycles. The van der Waals surface area contributed by atoms with E-state index in [0.717, 1.165) is 22.3 Å². The fourth-order valence-electron chi connectivity index (χ4n) is 6.53. The Bertz CT molecular complexity index is 1570. The molecule has 2 amide bonds. The first-order valence-electron chi connectivity index (χ1n) is 15.2. The van der Waals surface area contributed by atoms with Gasteiger partial charge in [0.1, 0.15) is 5.75 Å². The number of halogens is 3. The van der Waals surface area contributed by atoms with Crippen LogP contribution in [0.25, 0.3) is 11.1 Å². The highest BCUT2D eigenvalue weighted by Crippen LogP contribution is 2.47. The lowest BCUT2D eigenvalue weighted by Gasteiger charge is -2.40. The Morgan fingerprint density at radius 3 is 2.60 bits per heavy atom. The molecule has 240 valence electrons. The van der Waals surface area contributed by atoms with Gasteiger partial charge in [-0.1, -0.05) is 29.4 Å². The van der Waals surface area contributed by atoms with Crippen LogP contribution in [-0.4, -0.2) is 76.5 Å². The van der Waals surface area contributed by atoms with Crippen molar-refractivity contribution >= 4 is 11.8 Å². The van der Waals surface area contributed by atoms with Gasteiger partial charge in [0.15, 0.2) is 5.82 Å². The van der Waals surface area contributed by atoms with E-state index in [4.69, 9.17) is 9.26 Å². The second-order valence-corrected chi connectivity index (χ2v) is 12.1. The van der Waals surface area contributed by atoms with Gasteiger partial charge in [-0.05, 0) is 73.6 Å². The standard InChI is InChI=1S/C32H36F3N5O5/c1-18-16-43-17-19(2)40(18)29(41)15-39-10-9-25-24(21-5-4-6-23(11-21)44-32(33,34)35)8-7-22(28(25)14-39)13-36-30(42)26-12-27(26)31-37-20(3)38-45-31/h4-8,11,18-19,26-27H,9-10,12-17H2,1-3H3,(H,36,42)/t18-,19-,26?,27+/m1/s1. The molecule has 1 unspecified atom stereocenters. The van der Waals surface area contributed by atoms with Crippen LogP contribution >= 0.6 is 0 Å². The largest absolute Gasteiger partial charge is 0.573 e. The second-order valence-electron chi connectivity index (χ2n) is 12.1. The molecule has 1 aliphatic carbocycles. The van der Waals surface area contributed by atoms with Gasteiger partial charge in [0, 0.05) is 19.6 Å².